The molecule has 1 heterocycles. The quantitative estimate of drug-likeness (QED) is 0.923. The van der Waals surface area contributed by atoms with E-state index in [2.05, 4.69) is 22.4 Å². The molecule has 1 amide bonds. The first-order valence-electron chi connectivity index (χ1n) is 8.18. The van der Waals surface area contributed by atoms with Crippen LogP contribution in [0.2, 0.25) is 0 Å². The fraction of sp³-hybridized carbons (Fsp3) is 0.368. The first-order valence-corrected chi connectivity index (χ1v) is 8.18. The Bertz CT molecular complexity index is 670. The molecule has 0 fully saturated rings. The number of aromatic nitrogens is 1. The number of pyridine rings is 1. The van der Waals surface area contributed by atoms with Crippen molar-refractivity contribution in [2.24, 2.45) is 0 Å². The highest BCUT2D eigenvalue weighted by Crippen LogP contribution is 2.25. The van der Waals surface area contributed by atoms with Gasteiger partial charge in [0.05, 0.1) is 12.2 Å². The van der Waals surface area contributed by atoms with Crippen molar-refractivity contribution >= 4 is 5.91 Å². The molecule has 4 heteroatoms. The number of benzene rings is 1. The van der Waals surface area contributed by atoms with Crippen LogP contribution in [0.5, 0.6) is 5.75 Å². The summed E-state index contributed by atoms with van der Waals surface area (Å²) >= 11 is 0. The fourth-order valence-electron chi connectivity index (χ4n) is 2.86. The zero-order valence-electron chi connectivity index (χ0n) is 13.4. The minimum absolute atomic E-state index is 0.131. The number of fused-ring (bicyclic) bond motifs is 1. The first-order chi connectivity index (χ1) is 11.2. The lowest BCUT2D eigenvalue weighted by molar-refractivity contribution is -0.127. The van der Waals surface area contributed by atoms with Gasteiger partial charge in [0.1, 0.15) is 5.75 Å². The van der Waals surface area contributed by atoms with Gasteiger partial charge in [0.25, 0.3) is 5.91 Å². The molecule has 0 spiro atoms. The highest BCUT2D eigenvalue weighted by Gasteiger charge is 2.16. The van der Waals surface area contributed by atoms with E-state index >= 15 is 0 Å². The van der Waals surface area contributed by atoms with Crippen molar-refractivity contribution in [3.63, 3.8) is 0 Å². The zero-order chi connectivity index (χ0) is 16.1. The molecule has 0 radical (unpaired) electrons. The van der Waals surface area contributed by atoms with Crippen molar-refractivity contribution in [1.82, 2.24) is 10.3 Å². The summed E-state index contributed by atoms with van der Waals surface area (Å²) in [6.45, 7) is 2.19. The van der Waals surface area contributed by atoms with Crippen molar-refractivity contribution in [3.05, 3.63) is 59.4 Å². The Balaban J connectivity index is 1.55. The Labute approximate surface area is 136 Å². The maximum Gasteiger partial charge on any atom is 0.261 e. The molecule has 1 N–H and O–H groups in total. The Morgan fingerprint density at radius 2 is 2.04 bits per heavy atom. The van der Waals surface area contributed by atoms with Crippen LogP contribution in [-0.4, -0.2) is 17.0 Å². The highest BCUT2D eigenvalue weighted by atomic mass is 16.5. The average Bonchev–Trinajstić information content (AvgIpc) is 2.60. The van der Waals surface area contributed by atoms with Crippen molar-refractivity contribution in [3.8, 4) is 5.75 Å². The molecule has 1 aromatic carbocycles. The third-order valence-corrected chi connectivity index (χ3v) is 4.17. The number of hydrogen-bond donors (Lipinski definition) is 1. The van der Waals surface area contributed by atoms with Crippen LogP contribution in [0.15, 0.2) is 42.6 Å². The number of amides is 1. The SMILES string of the molecule is C[C@@H](Oc1ccc2c(c1)CCCC2)C(=O)NCc1ccccn1. The smallest absolute Gasteiger partial charge is 0.261 e. The monoisotopic (exact) mass is 310 g/mol. The minimum Gasteiger partial charge on any atom is -0.481 e. The second-order valence-corrected chi connectivity index (χ2v) is 5.94. The Morgan fingerprint density at radius 1 is 1.22 bits per heavy atom. The van der Waals surface area contributed by atoms with Crippen molar-refractivity contribution in [1.29, 1.82) is 0 Å². The lowest BCUT2D eigenvalue weighted by Gasteiger charge is -2.19. The molecule has 0 saturated carbocycles. The molecular formula is C19H22N2O2. The summed E-state index contributed by atoms with van der Waals surface area (Å²) in [5.74, 6) is 0.638. The molecule has 120 valence electrons. The van der Waals surface area contributed by atoms with Gasteiger partial charge in [-0.15, -0.1) is 0 Å². The number of carbonyl (C=O) groups excluding carboxylic acids is 1. The molecule has 2 aromatic rings. The Morgan fingerprint density at radius 3 is 2.83 bits per heavy atom. The van der Waals surface area contributed by atoms with Crippen LogP contribution >= 0.6 is 0 Å². The Hall–Kier alpha value is -2.36. The lowest BCUT2D eigenvalue weighted by Crippen LogP contribution is -2.36. The predicted molar refractivity (Wildman–Crippen MR) is 89.3 cm³/mol. The molecule has 0 aliphatic heterocycles. The summed E-state index contributed by atoms with van der Waals surface area (Å²) in [5.41, 5.74) is 3.60. The van der Waals surface area contributed by atoms with Crippen LogP contribution in [0.4, 0.5) is 0 Å². The summed E-state index contributed by atoms with van der Waals surface area (Å²) in [7, 11) is 0. The van der Waals surface area contributed by atoms with Crippen molar-refractivity contribution in [2.45, 2.75) is 45.3 Å². The van der Waals surface area contributed by atoms with Gasteiger partial charge in [-0.3, -0.25) is 9.78 Å². The number of ether oxygens (including phenoxy) is 1. The van der Waals surface area contributed by atoms with Gasteiger partial charge in [0, 0.05) is 6.20 Å². The van der Waals surface area contributed by atoms with E-state index in [1.54, 1.807) is 13.1 Å². The van der Waals surface area contributed by atoms with E-state index in [1.807, 2.05) is 24.3 Å². The fourth-order valence-corrected chi connectivity index (χ4v) is 2.86. The molecule has 0 bridgehead atoms. The third kappa shape index (κ3) is 4.09. The third-order valence-electron chi connectivity index (χ3n) is 4.17. The van der Waals surface area contributed by atoms with Gasteiger partial charge in [-0.25, -0.2) is 0 Å². The Kier molecular flexibility index (Phi) is 4.91. The topological polar surface area (TPSA) is 51.2 Å². The van der Waals surface area contributed by atoms with E-state index in [0.29, 0.717) is 6.54 Å². The molecule has 0 saturated heterocycles. The molecule has 23 heavy (non-hydrogen) atoms. The van der Waals surface area contributed by atoms with E-state index in [4.69, 9.17) is 4.74 Å². The van der Waals surface area contributed by atoms with E-state index in [1.165, 1.54) is 24.0 Å². The van der Waals surface area contributed by atoms with E-state index in [-0.39, 0.29) is 5.91 Å². The van der Waals surface area contributed by atoms with Gasteiger partial charge in [0.15, 0.2) is 6.10 Å². The summed E-state index contributed by atoms with van der Waals surface area (Å²) in [4.78, 5) is 16.3. The van der Waals surface area contributed by atoms with Crippen LogP contribution < -0.4 is 10.1 Å². The first kappa shape index (κ1) is 15.5. The van der Waals surface area contributed by atoms with Gasteiger partial charge < -0.3 is 10.1 Å². The number of aryl methyl sites for hydroxylation is 2. The van der Waals surface area contributed by atoms with E-state index < -0.39 is 6.10 Å². The number of nitrogens with one attached hydrogen (secondary N) is 1. The van der Waals surface area contributed by atoms with Crippen molar-refractivity contribution < 1.29 is 9.53 Å². The molecule has 1 aliphatic carbocycles. The van der Waals surface area contributed by atoms with Gasteiger partial charge in [-0.1, -0.05) is 12.1 Å². The number of rotatable bonds is 5. The standard InChI is InChI=1S/C19H22N2O2/c1-14(19(22)21-13-17-8-4-5-11-20-17)23-18-10-9-15-6-2-3-7-16(15)12-18/h4-5,8-12,14H,2-3,6-7,13H2,1H3,(H,21,22)/t14-/m1/s1. The van der Waals surface area contributed by atoms with Crippen LogP contribution in [0.3, 0.4) is 0 Å². The van der Waals surface area contributed by atoms with Crippen LogP contribution in [0.1, 0.15) is 36.6 Å². The summed E-state index contributed by atoms with van der Waals surface area (Å²) in [6.07, 6.45) is 5.94. The predicted octanol–water partition coefficient (Wildman–Crippen LogP) is 3.04. The van der Waals surface area contributed by atoms with Crippen LogP contribution in [0.25, 0.3) is 0 Å². The number of carbonyl (C=O) groups is 1. The normalized spacial score (nSPS) is 14.7. The molecule has 1 aromatic heterocycles. The second kappa shape index (κ2) is 7.27. The number of hydrogen-bond acceptors (Lipinski definition) is 3. The summed E-state index contributed by atoms with van der Waals surface area (Å²) in [5, 5.41) is 2.85. The van der Waals surface area contributed by atoms with Crippen LogP contribution in [0, 0.1) is 0 Å². The van der Waals surface area contributed by atoms with E-state index in [9.17, 15) is 4.79 Å². The van der Waals surface area contributed by atoms with Gasteiger partial charge in [-0.2, -0.15) is 0 Å². The summed E-state index contributed by atoms with van der Waals surface area (Å²) in [6, 6.07) is 11.8. The second-order valence-electron chi connectivity index (χ2n) is 5.94. The molecule has 1 aliphatic rings. The van der Waals surface area contributed by atoms with Crippen molar-refractivity contribution in [2.75, 3.05) is 0 Å². The lowest BCUT2D eigenvalue weighted by atomic mass is 9.92. The van der Waals surface area contributed by atoms with E-state index in [0.717, 1.165) is 24.3 Å². The molecular weight excluding hydrogens is 288 g/mol. The maximum absolute atomic E-state index is 12.1. The molecule has 0 unspecified atom stereocenters. The van der Waals surface area contributed by atoms with Gasteiger partial charge in [0.2, 0.25) is 0 Å². The molecule has 1 atom stereocenters. The minimum atomic E-state index is -0.527. The largest absolute Gasteiger partial charge is 0.481 e. The maximum atomic E-state index is 12.1. The molecule has 3 rings (SSSR count). The zero-order valence-corrected chi connectivity index (χ0v) is 13.4. The van der Waals surface area contributed by atoms with Gasteiger partial charge in [-0.05, 0) is 68.0 Å². The average molecular weight is 310 g/mol. The van der Waals surface area contributed by atoms with Gasteiger partial charge >= 0.3 is 0 Å². The highest BCUT2D eigenvalue weighted by molar-refractivity contribution is 5.80. The van der Waals surface area contributed by atoms with Crippen LogP contribution in [-0.2, 0) is 24.2 Å². The molecule has 4 nitrogen and oxygen atoms in total. The number of nitrogens with zero attached hydrogens (tertiary/aromatic N) is 1. The summed E-state index contributed by atoms with van der Waals surface area (Å²) < 4.78 is 5.80.